The second-order valence-corrected chi connectivity index (χ2v) is 10.9. The zero-order chi connectivity index (χ0) is 27.0. The van der Waals surface area contributed by atoms with Crippen LogP contribution in [0, 0.1) is 11.2 Å². The summed E-state index contributed by atoms with van der Waals surface area (Å²) >= 11 is 0. The number of rotatable bonds is 13. The van der Waals surface area contributed by atoms with Crippen molar-refractivity contribution >= 4 is 39.8 Å². The summed E-state index contributed by atoms with van der Waals surface area (Å²) in [6, 6.07) is 12.7. The molecule has 3 aromatic rings. The molecule has 9 nitrogen and oxygen atoms in total. The van der Waals surface area contributed by atoms with Gasteiger partial charge in [-0.1, -0.05) is 26.0 Å². The molecule has 3 rings (SSSR count). The maximum Gasteiger partial charge on any atom is 0.229 e. The summed E-state index contributed by atoms with van der Waals surface area (Å²) in [5, 5.41) is 9.54. The molecule has 0 saturated carbocycles. The van der Waals surface area contributed by atoms with Crippen LogP contribution in [-0.2, 0) is 11.0 Å². The quantitative estimate of drug-likeness (QED) is 0.252. The fraction of sp³-hybridized carbons (Fsp3) is 0.385. The highest BCUT2D eigenvalue weighted by Crippen LogP contribution is 2.32. The van der Waals surface area contributed by atoms with E-state index in [1.807, 2.05) is 25.1 Å². The molecule has 37 heavy (non-hydrogen) atoms. The molecule has 0 bridgehead atoms. The Hall–Kier alpha value is -3.28. The lowest BCUT2D eigenvalue weighted by Crippen LogP contribution is -2.34. The molecule has 11 heteroatoms. The van der Waals surface area contributed by atoms with Crippen LogP contribution in [-0.4, -0.2) is 59.9 Å². The summed E-state index contributed by atoms with van der Waals surface area (Å²) < 4.78 is 35.4. The summed E-state index contributed by atoms with van der Waals surface area (Å²) in [4.78, 5) is 11.0. The Kier molecular flexibility index (Phi) is 9.79. The minimum absolute atomic E-state index is 0.0441. The van der Waals surface area contributed by atoms with Crippen LogP contribution in [0.1, 0.15) is 20.8 Å². The van der Waals surface area contributed by atoms with Crippen LogP contribution in [0.2, 0.25) is 0 Å². The molecule has 0 saturated heterocycles. The Morgan fingerprint density at radius 1 is 1.11 bits per heavy atom. The van der Waals surface area contributed by atoms with Gasteiger partial charge < -0.3 is 25.6 Å². The van der Waals surface area contributed by atoms with Crippen molar-refractivity contribution in [1.29, 1.82) is 0 Å². The van der Waals surface area contributed by atoms with Gasteiger partial charge in [0.15, 0.2) is 11.6 Å². The molecule has 1 unspecified atom stereocenters. The van der Waals surface area contributed by atoms with E-state index >= 15 is 0 Å². The average molecular weight is 530 g/mol. The number of para-hydroxylation sites is 1. The normalized spacial score (nSPS) is 12.3. The van der Waals surface area contributed by atoms with E-state index in [1.54, 1.807) is 31.3 Å². The molecule has 1 heterocycles. The number of benzene rings is 2. The number of nitrogens with zero attached hydrogens (tertiary/aromatic N) is 3. The van der Waals surface area contributed by atoms with Gasteiger partial charge in [-0.05, 0) is 57.7 Å². The predicted octanol–water partition coefficient (Wildman–Crippen LogP) is 4.74. The first-order chi connectivity index (χ1) is 17.6. The van der Waals surface area contributed by atoms with E-state index in [0.717, 1.165) is 25.0 Å². The maximum atomic E-state index is 14.6. The Bertz CT molecular complexity index is 1220. The lowest BCUT2D eigenvalue weighted by molar-refractivity contribution is 0.254. The highest BCUT2D eigenvalue weighted by molar-refractivity contribution is 7.83. The van der Waals surface area contributed by atoms with Crippen LogP contribution in [0.25, 0.3) is 0 Å². The van der Waals surface area contributed by atoms with Crippen molar-refractivity contribution in [2.24, 2.45) is 5.41 Å². The zero-order valence-electron chi connectivity index (χ0n) is 22.2. The molecule has 0 fully saturated rings. The zero-order valence-corrected chi connectivity index (χ0v) is 23.0. The van der Waals surface area contributed by atoms with Crippen molar-refractivity contribution in [1.82, 2.24) is 19.6 Å². The highest BCUT2D eigenvalue weighted by Gasteiger charge is 2.19. The largest absolute Gasteiger partial charge is 0.492 e. The second kappa shape index (κ2) is 12.8. The smallest absolute Gasteiger partial charge is 0.229 e. The van der Waals surface area contributed by atoms with Gasteiger partial charge in [0.1, 0.15) is 16.7 Å². The molecule has 0 aliphatic carbocycles. The molecule has 0 aliphatic heterocycles. The standard InChI is InChI=1S/C26H36FN7O2S/c1-7-36-22-14-18(30-16-26(2,3)17-34(5)6)12-13-20(22)32-25-29-15-19(27)24(33-25)31-21-10-8-9-11-23(21)37(35)28-4/h8-15,28,30H,7,16-17H2,1-6H3,(H2,29,31,32,33). The molecule has 1 aromatic heterocycles. The maximum absolute atomic E-state index is 14.6. The number of nitrogens with one attached hydrogen (secondary N) is 4. The first kappa shape index (κ1) is 28.3. The molecule has 0 amide bonds. The van der Waals surface area contributed by atoms with Gasteiger partial charge in [-0.25, -0.2) is 18.3 Å². The minimum atomic E-state index is -1.46. The van der Waals surface area contributed by atoms with Gasteiger partial charge >= 0.3 is 0 Å². The van der Waals surface area contributed by atoms with Crippen molar-refractivity contribution < 1.29 is 13.3 Å². The fourth-order valence-electron chi connectivity index (χ4n) is 3.87. The van der Waals surface area contributed by atoms with Crippen LogP contribution in [0.4, 0.5) is 33.2 Å². The Morgan fingerprint density at radius 3 is 2.57 bits per heavy atom. The first-order valence-electron chi connectivity index (χ1n) is 12.0. The summed E-state index contributed by atoms with van der Waals surface area (Å²) in [5.74, 6) is 0.123. The second-order valence-electron chi connectivity index (χ2n) is 9.51. The molecule has 4 N–H and O–H groups in total. The van der Waals surface area contributed by atoms with E-state index in [-0.39, 0.29) is 17.2 Å². The fourth-order valence-corrected chi connectivity index (χ4v) is 4.61. The van der Waals surface area contributed by atoms with Gasteiger partial charge in [-0.3, -0.25) is 0 Å². The predicted molar refractivity (Wildman–Crippen MR) is 149 cm³/mol. The number of aromatic nitrogens is 2. The molecule has 0 radical (unpaired) electrons. The van der Waals surface area contributed by atoms with Crippen LogP contribution in [0.5, 0.6) is 5.75 Å². The lowest BCUT2D eigenvalue weighted by Gasteiger charge is -2.29. The Balaban J connectivity index is 1.80. The monoisotopic (exact) mass is 529 g/mol. The SMILES string of the molecule is CCOc1cc(NCC(C)(C)CN(C)C)ccc1Nc1ncc(F)c(Nc2ccccc2S(=O)NC)n1. The van der Waals surface area contributed by atoms with E-state index in [9.17, 15) is 8.60 Å². The van der Waals surface area contributed by atoms with Gasteiger partial charge in [-0.2, -0.15) is 4.98 Å². The van der Waals surface area contributed by atoms with Crippen molar-refractivity contribution in [3.63, 3.8) is 0 Å². The summed E-state index contributed by atoms with van der Waals surface area (Å²) in [6.07, 6.45) is 1.08. The third-order valence-electron chi connectivity index (χ3n) is 5.31. The van der Waals surface area contributed by atoms with Gasteiger partial charge in [0, 0.05) is 24.8 Å². The van der Waals surface area contributed by atoms with Crippen molar-refractivity contribution in [2.45, 2.75) is 25.7 Å². The van der Waals surface area contributed by atoms with Gasteiger partial charge in [0.05, 0.1) is 29.1 Å². The summed E-state index contributed by atoms with van der Waals surface area (Å²) in [5.41, 5.74) is 2.13. The van der Waals surface area contributed by atoms with Crippen molar-refractivity contribution in [3.05, 3.63) is 54.5 Å². The van der Waals surface area contributed by atoms with Gasteiger partial charge in [0.25, 0.3) is 0 Å². The summed E-state index contributed by atoms with van der Waals surface area (Å²) in [7, 11) is 4.26. The molecule has 0 spiro atoms. The number of anilines is 5. The topological polar surface area (TPSA) is 103 Å². The number of halogens is 1. The summed E-state index contributed by atoms with van der Waals surface area (Å²) in [6.45, 7) is 8.55. The minimum Gasteiger partial charge on any atom is -0.492 e. The molecular formula is C26H36FN7O2S. The van der Waals surface area contributed by atoms with E-state index in [1.165, 1.54) is 0 Å². The number of hydrogen-bond acceptors (Lipinski definition) is 8. The van der Waals surface area contributed by atoms with Gasteiger partial charge in [-0.15, -0.1) is 0 Å². The van der Waals surface area contributed by atoms with Crippen LogP contribution in [0.15, 0.2) is 53.6 Å². The Labute approximate surface area is 220 Å². The first-order valence-corrected chi connectivity index (χ1v) is 13.2. The number of hydrogen-bond donors (Lipinski definition) is 4. The average Bonchev–Trinajstić information content (AvgIpc) is 2.85. The van der Waals surface area contributed by atoms with E-state index in [0.29, 0.717) is 28.6 Å². The van der Waals surface area contributed by atoms with E-state index in [4.69, 9.17) is 4.74 Å². The Morgan fingerprint density at radius 2 is 1.86 bits per heavy atom. The lowest BCUT2D eigenvalue weighted by atomic mass is 9.93. The van der Waals surface area contributed by atoms with Crippen molar-refractivity contribution in [3.8, 4) is 5.75 Å². The highest BCUT2D eigenvalue weighted by atomic mass is 32.2. The van der Waals surface area contributed by atoms with Gasteiger partial charge in [0.2, 0.25) is 5.95 Å². The third kappa shape index (κ3) is 8.11. The van der Waals surface area contributed by atoms with Crippen LogP contribution < -0.4 is 25.4 Å². The molecule has 1 atom stereocenters. The third-order valence-corrected chi connectivity index (χ3v) is 6.44. The van der Waals surface area contributed by atoms with E-state index in [2.05, 4.69) is 63.5 Å². The van der Waals surface area contributed by atoms with Crippen LogP contribution in [0.3, 0.4) is 0 Å². The molecule has 0 aliphatic rings. The van der Waals surface area contributed by atoms with E-state index < -0.39 is 16.8 Å². The number of ether oxygens (including phenoxy) is 1. The molecule has 200 valence electrons. The molecule has 2 aromatic carbocycles. The van der Waals surface area contributed by atoms with Crippen molar-refractivity contribution in [2.75, 3.05) is 56.8 Å². The molecular weight excluding hydrogens is 493 g/mol. The van der Waals surface area contributed by atoms with Crippen LogP contribution >= 0.6 is 0 Å².